The van der Waals surface area contributed by atoms with Gasteiger partial charge in [0, 0.05) is 17.1 Å². The zero-order valence-electron chi connectivity index (χ0n) is 19.2. The van der Waals surface area contributed by atoms with Crippen molar-refractivity contribution in [2.75, 3.05) is 23.4 Å². The Labute approximate surface area is 209 Å². The Kier molecular flexibility index (Phi) is 7.59. The lowest BCUT2D eigenvalue weighted by Crippen LogP contribution is -2.39. The number of benzene rings is 2. The van der Waals surface area contributed by atoms with Gasteiger partial charge >= 0.3 is 0 Å². The van der Waals surface area contributed by atoms with E-state index in [-0.39, 0.29) is 18.2 Å². The summed E-state index contributed by atoms with van der Waals surface area (Å²) >= 11 is 7.46. The molecule has 176 valence electrons. The van der Waals surface area contributed by atoms with Crippen LogP contribution in [0.1, 0.15) is 23.8 Å². The van der Waals surface area contributed by atoms with Crippen molar-refractivity contribution in [1.82, 2.24) is 4.90 Å². The van der Waals surface area contributed by atoms with E-state index in [1.54, 1.807) is 11.3 Å². The number of anilines is 2. The van der Waals surface area contributed by atoms with Crippen LogP contribution in [0.2, 0.25) is 0 Å². The topological polar surface area (TPSA) is 61.9 Å². The number of hydrogen-bond acceptors (Lipinski definition) is 5. The summed E-state index contributed by atoms with van der Waals surface area (Å²) < 4.78 is 5.52. The van der Waals surface area contributed by atoms with Gasteiger partial charge in [-0.15, -0.1) is 11.3 Å². The molecule has 1 fully saturated rings. The number of thiophene rings is 1. The molecule has 3 aromatic rings. The summed E-state index contributed by atoms with van der Waals surface area (Å²) in [6.45, 7) is 5.12. The normalized spacial score (nSPS) is 15.6. The second-order valence-electron chi connectivity index (χ2n) is 7.99. The molecule has 1 aliphatic heterocycles. The number of nitrogens with one attached hydrogen (secondary N) is 1. The predicted octanol–water partition coefficient (Wildman–Crippen LogP) is 5.03. The summed E-state index contributed by atoms with van der Waals surface area (Å²) in [5, 5.41) is 5.37. The number of nitrogens with zero attached hydrogens (tertiary/aromatic N) is 2. The molecule has 1 atom stereocenters. The van der Waals surface area contributed by atoms with Crippen LogP contribution < -0.4 is 15.0 Å². The van der Waals surface area contributed by atoms with Crippen LogP contribution in [0, 0.1) is 6.92 Å². The van der Waals surface area contributed by atoms with Gasteiger partial charge in [-0.1, -0.05) is 18.2 Å². The predicted molar refractivity (Wildman–Crippen MR) is 141 cm³/mol. The first-order chi connectivity index (χ1) is 16.5. The molecular formula is C26H27N3O3S2. The third kappa shape index (κ3) is 5.29. The third-order valence-electron chi connectivity index (χ3n) is 5.71. The summed E-state index contributed by atoms with van der Waals surface area (Å²) in [5.74, 6) is 0.311. The lowest BCUT2D eigenvalue weighted by Gasteiger charge is -2.24. The number of para-hydroxylation sites is 1. The average Bonchev–Trinajstić information content (AvgIpc) is 3.34. The fraction of sp³-hybridized carbons (Fsp3) is 0.269. The van der Waals surface area contributed by atoms with Gasteiger partial charge in [0.2, 0.25) is 5.91 Å². The Bertz CT molecular complexity index is 1160. The highest BCUT2D eigenvalue weighted by Crippen LogP contribution is 2.29. The highest BCUT2D eigenvalue weighted by atomic mass is 32.1. The van der Waals surface area contributed by atoms with Gasteiger partial charge in [0.25, 0.3) is 5.91 Å². The van der Waals surface area contributed by atoms with Crippen LogP contribution in [0.25, 0.3) is 0 Å². The van der Waals surface area contributed by atoms with Crippen molar-refractivity contribution in [3.05, 3.63) is 76.5 Å². The number of carbonyl (C=O) groups excluding carboxylic acids is 2. The molecular weight excluding hydrogens is 466 g/mol. The van der Waals surface area contributed by atoms with Crippen molar-refractivity contribution < 1.29 is 14.3 Å². The average molecular weight is 494 g/mol. The van der Waals surface area contributed by atoms with E-state index >= 15 is 0 Å². The molecule has 6 nitrogen and oxygen atoms in total. The Balaban J connectivity index is 1.55. The third-order valence-corrected chi connectivity index (χ3v) is 7.21. The van der Waals surface area contributed by atoms with Gasteiger partial charge in [-0.3, -0.25) is 14.5 Å². The highest BCUT2D eigenvalue weighted by molar-refractivity contribution is 7.80. The van der Waals surface area contributed by atoms with Gasteiger partial charge in [-0.2, -0.15) is 0 Å². The number of thiocarbonyl (C=S) groups is 1. The number of rotatable bonds is 9. The molecule has 0 unspecified atom stereocenters. The molecule has 2 aromatic carbocycles. The highest BCUT2D eigenvalue weighted by Gasteiger charge is 2.44. The summed E-state index contributed by atoms with van der Waals surface area (Å²) in [4.78, 5) is 31.1. The van der Waals surface area contributed by atoms with E-state index in [9.17, 15) is 9.59 Å². The van der Waals surface area contributed by atoms with Gasteiger partial charge < -0.3 is 15.0 Å². The molecule has 1 aliphatic rings. The van der Waals surface area contributed by atoms with Crippen LogP contribution in [0.15, 0.2) is 66.0 Å². The summed E-state index contributed by atoms with van der Waals surface area (Å²) in [7, 11) is 0. The van der Waals surface area contributed by atoms with Crippen molar-refractivity contribution in [3.63, 3.8) is 0 Å². The molecule has 0 saturated carbocycles. The Morgan fingerprint density at radius 1 is 1.12 bits per heavy atom. The first kappa shape index (κ1) is 23.9. The van der Waals surface area contributed by atoms with Crippen LogP contribution in [0.5, 0.6) is 5.75 Å². The molecule has 4 rings (SSSR count). The molecule has 1 saturated heterocycles. The zero-order chi connectivity index (χ0) is 24.1. The van der Waals surface area contributed by atoms with Crippen molar-refractivity contribution in [2.45, 2.75) is 32.7 Å². The van der Waals surface area contributed by atoms with Crippen molar-refractivity contribution in [2.24, 2.45) is 0 Å². The Hall–Kier alpha value is -3.23. The smallest absolute Gasteiger partial charge is 0.256 e. The number of hydrogen-bond donors (Lipinski definition) is 1. The van der Waals surface area contributed by atoms with Crippen LogP contribution >= 0.6 is 23.6 Å². The minimum absolute atomic E-state index is 0.0187. The second-order valence-corrected chi connectivity index (χ2v) is 9.35. The van der Waals surface area contributed by atoms with Gasteiger partial charge in [0.15, 0.2) is 5.11 Å². The maximum absolute atomic E-state index is 13.5. The van der Waals surface area contributed by atoms with Crippen molar-refractivity contribution >= 4 is 51.9 Å². The molecule has 34 heavy (non-hydrogen) atoms. The maximum Gasteiger partial charge on any atom is 0.256 e. The van der Waals surface area contributed by atoms with Gasteiger partial charge in [-0.05, 0) is 85.9 Å². The van der Waals surface area contributed by atoms with Crippen LogP contribution in [0.3, 0.4) is 0 Å². The second kappa shape index (κ2) is 10.8. The van der Waals surface area contributed by atoms with Crippen molar-refractivity contribution in [3.8, 4) is 5.75 Å². The number of aryl methyl sites for hydroxylation is 1. The molecule has 0 radical (unpaired) electrons. The lowest BCUT2D eigenvalue weighted by molar-refractivity contribution is -0.124. The standard InChI is InChI=1S/C26H27N3O3S2/c1-3-32-21-11-9-20(10-12-21)29-25(31)22(17-24(30)27-19-7-5-4-6-8-19)28(26(29)33)15-13-23-18(2)14-16-34-23/h4-12,14,16,22H,3,13,15,17H2,1-2H3,(H,27,30)/t22-/m1/s1. The van der Waals surface area contributed by atoms with Crippen molar-refractivity contribution in [1.29, 1.82) is 0 Å². The van der Waals surface area contributed by atoms with E-state index in [0.717, 1.165) is 12.2 Å². The zero-order valence-corrected chi connectivity index (χ0v) is 20.8. The van der Waals surface area contributed by atoms with Gasteiger partial charge in [-0.25, -0.2) is 0 Å². The minimum Gasteiger partial charge on any atom is -0.494 e. The Morgan fingerprint density at radius 2 is 1.85 bits per heavy atom. The lowest BCUT2D eigenvalue weighted by atomic mass is 10.1. The molecule has 0 bridgehead atoms. The van der Waals surface area contributed by atoms with E-state index in [0.29, 0.717) is 29.6 Å². The SMILES string of the molecule is CCOc1ccc(N2C(=O)[C@@H](CC(=O)Nc3ccccc3)N(CCc3sccc3C)C2=S)cc1. The van der Waals surface area contributed by atoms with E-state index in [1.165, 1.54) is 15.3 Å². The van der Waals surface area contributed by atoms with Crippen LogP contribution in [-0.4, -0.2) is 41.0 Å². The first-order valence-corrected chi connectivity index (χ1v) is 12.5. The quantitative estimate of drug-likeness (QED) is 0.424. The molecule has 0 spiro atoms. The molecule has 2 heterocycles. The van der Waals surface area contributed by atoms with Crippen LogP contribution in [0.4, 0.5) is 11.4 Å². The Morgan fingerprint density at radius 3 is 2.50 bits per heavy atom. The number of ether oxygens (including phenoxy) is 1. The monoisotopic (exact) mass is 493 g/mol. The molecule has 0 aliphatic carbocycles. The van der Waals surface area contributed by atoms with E-state index in [2.05, 4.69) is 23.7 Å². The molecule has 1 N–H and O–H groups in total. The largest absolute Gasteiger partial charge is 0.494 e. The van der Waals surface area contributed by atoms with Crippen LogP contribution in [-0.2, 0) is 16.0 Å². The maximum atomic E-state index is 13.5. The van der Waals surface area contributed by atoms with E-state index < -0.39 is 6.04 Å². The first-order valence-electron chi connectivity index (χ1n) is 11.2. The van der Waals surface area contributed by atoms with E-state index in [4.69, 9.17) is 17.0 Å². The fourth-order valence-electron chi connectivity index (χ4n) is 3.97. The minimum atomic E-state index is -0.664. The van der Waals surface area contributed by atoms with Gasteiger partial charge in [0.1, 0.15) is 11.8 Å². The van der Waals surface area contributed by atoms with Gasteiger partial charge in [0.05, 0.1) is 18.7 Å². The van der Waals surface area contributed by atoms with E-state index in [1.807, 2.05) is 66.4 Å². The number of amides is 2. The molecule has 1 aromatic heterocycles. The summed E-state index contributed by atoms with van der Waals surface area (Å²) in [6.07, 6.45) is 0.773. The fourth-order valence-corrected chi connectivity index (χ4v) is 5.29. The molecule has 2 amide bonds. The number of carbonyl (C=O) groups is 2. The summed E-state index contributed by atoms with van der Waals surface area (Å²) in [6, 6.07) is 18.0. The summed E-state index contributed by atoms with van der Waals surface area (Å²) in [5.41, 5.74) is 2.59. The molecule has 8 heteroatoms.